The zero-order valence-electron chi connectivity index (χ0n) is 11.0. The molecule has 19 heavy (non-hydrogen) atoms. The second-order valence-electron chi connectivity index (χ2n) is 6.25. The third kappa shape index (κ3) is 2.08. The van der Waals surface area contributed by atoms with Crippen LogP contribution in [0.4, 0.5) is 5.82 Å². The molecule has 1 aliphatic heterocycles. The monoisotopic (exact) mass is 344 g/mol. The van der Waals surface area contributed by atoms with E-state index in [1.165, 1.54) is 5.56 Å². The zero-order valence-corrected chi connectivity index (χ0v) is 13.3. The summed E-state index contributed by atoms with van der Waals surface area (Å²) in [4.78, 5) is 4.43. The molecule has 0 unspecified atom stereocenters. The molecule has 104 valence electrons. The molecule has 2 N–H and O–H groups in total. The molecule has 2 heterocycles. The minimum Gasteiger partial charge on any atom is -0.396 e. The van der Waals surface area contributed by atoms with Crippen LogP contribution in [0.15, 0.2) is 10.7 Å². The maximum Gasteiger partial charge on any atom is 0.131 e. The van der Waals surface area contributed by atoms with Gasteiger partial charge in [-0.05, 0) is 47.0 Å². The first-order valence-electron chi connectivity index (χ1n) is 6.69. The van der Waals surface area contributed by atoms with Crippen LogP contribution in [-0.2, 0) is 5.41 Å². The molecule has 0 aromatic carbocycles. The molecule has 3 nitrogen and oxygen atoms in total. The molecular formula is C14H18BrClN2O. The fourth-order valence-corrected chi connectivity index (χ4v) is 3.98. The van der Waals surface area contributed by atoms with E-state index in [0.29, 0.717) is 0 Å². The predicted molar refractivity (Wildman–Crippen MR) is 80.8 cm³/mol. The molecule has 1 aromatic rings. The Labute approximate surface area is 126 Å². The molecule has 0 amide bonds. The fraction of sp³-hybridized carbons (Fsp3) is 0.643. The van der Waals surface area contributed by atoms with Gasteiger partial charge in [0.15, 0.2) is 0 Å². The minimum atomic E-state index is 0.0694. The van der Waals surface area contributed by atoms with Gasteiger partial charge in [0.1, 0.15) is 5.82 Å². The van der Waals surface area contributed by atoms with Gasteiger partial charge in [-0.15, -0.1) is 0 Å². The molecular weight excluding hydrogens is 328 g/mol. The molecule has 3 rings (SSSR count). The van der Waals surface area contributed by atoms with Crippen molar-refractivity contribution in [3.63, 3.8) is 0 Å². The molecule has 1 aliphatic carbocycles. The molecule has 0 saturated heterocycles. The SMILES string of the molecule is C[C@]1(CO)CC[C@@]2(CC1)CNc1ncc(Br)c(Cl)c12. The van der Waals surface area contributed by atoms with E-state index in [1.54, 1.807) is 6.20 Å². The highest BCUT2D eigenvalue weighted by Gasteiger charge is 2.46. The van der Waals surface area contributed by atoms with Gasteiger partial charge in [0.25, 0.3) is 0 Å². The van der Waals surface area contributed by atoms with Crippen molar-refractivity contribution in [1.29, 1.82) is 0 Å². The van der Waals surface area contributed by atoms with Crippen LogP contribution in [-0.4, -0.2) is 23.2 Å². The number of aliphatic hydroxyl groups excluding tert-OH is 1. The second-order valence-corrected chi connectivity index (χ2v) is 7.48. The Morgan fingerprint density at radius 2 is 2.11 bits per heavy atom. The highest BCUT2D eigenvalue weighted by atomic mass is 79.9. The Morgan fingerprint density at radius 3 is 2.74 bits per heavy atom. The standard InChI is InChI=1S/C14H18BrClN2O/c1-13(8-19)2-4-14(5-3-13)7-18-12-10(14)11(16)9(15)6-17-12/h6,19H,2-5,7-8H2,1H3,(H,17,18)/t13-,14+. The number of aliphatic hydroxyl groups is 1. The Balaban J connectivity index is 1.97. The third-order valence-electron chi connectivity index (χ3n) is 4.89. The highest BCUT2D eigenvalue weighted by Crippen LogP contribution is 2.53. The number of fused-ring (bicyclic) bond motifs is 2. The van der Waals surface area contributed by atoms with Gasteiger partial charge in [-0.2, -0.15) is 0 Å². The Kier molecular flexibility index (Phi) is 3.31. The topological polar surface area (TPSA) is 45.1 Å². The average molecular weight is 346 g/mol. The van der Waals surface area contributed by atoms with Gasteiger partial charge < -0.3 is 10.4 Å². The number of hydrogen-bond donors (Lipinski definition) is 2. The van der Waals surface area contributed by atoms with E-state index >= 15 is 0 Å². The summed E-state index contributed by atoms with van der Waals surface area (Å²) in [6.07, 6.45) is 5.94. The molecule has 1 fully saturated rings. The van der Waals surface area contributed by atoms with Crippen LogP contribution in [0.3, 0.4) is 0 Å². The van der Waals surface area contributed by atoms with Gasteiger partial charge in [0, 0.05) is 30.3 Å². The molecule has 5 heteroatoms. The fourth-order valence-electron chi connectivity index (χ4n) is 3.34. The van der Waals surface area contributed by atoms with Crippen molar-refractivity contribution >= 4 is 33.3 Å². The maximum absolute atomic E-state index is 9.51. The van der Waals surface area contributed by atoms with Crippen molar-refractivity contribution in [2.45, 2.75) is 38.0 Å². The molecule has 1 aromatic heterocycles. The second kappa shape index (κ2) is 4.61. The normalized spacial score (nSPS) is 33.3. The van der Waals surface area contributed by atoms with Crippen LogP contribution >= 0.6 is 27.5 Å². The van der Waals surface area contributed by atoms with Crippen molar-refractivity contribution in [3.05, 3.63) is 21.3 Å². The van der Waals surface area contributed by atoms with Crippen LogP contribution in [0.2, 0.25) is 5.02 Å². The van der Waals surface area contributed by atoms with Crippen LogP contribution in [0, 0.1) is 5.41 Å². The lowest BCUT2D eigenvalue weighted by atomic mass is 9.63. The Morgan fingerprint density at radius 1 is 1.42 bits per heavy atom. The lowest BCUT2D eigenvalue weighted by Crippen LogP contribution is -2.39. The molecule has 2 aliphatic rings. The highest BCUT2D eigenvalue weighted by molar-refractivity contribution is 9.10. The lowest BCUT2D eigenvalue weighted by Gasteiger charge is -2.42. The van der Waals surface area contributed by atoms with E-state index in [0.717, 1.165) is 47.5 Å². The van der Waals surface area contributed by atoms with Crippen molar-refractivity contribution in [2.24, 2.45) is 5.41 Å². The smallest absolute Gasteiger partial charge is 0.131 e. The van der Waals surface area contributed by atoms with Crippen LogP contribution in [0.1, 0.15) is 38.2 Å². The number of halogens is 2. The number of aromatic nitrogens is 1. The number of anilines is 1. The maximum atomic E-state index is 9.51. The van der Waals surface area contributed by atoms with Gasteiger partial charge in [-0.3, -0.25) is 0 Å². The number of nitrogens with zero attached hydrogens (tertiary/aromatic N) is 1. The molecule has 1 saturated carbocycles. The van der Waals surface area contributed by atoms with Gasteiger partial charge in [-0.25, -0.2) is 4.98 Å². The van der Waals surface area contributed by atoms with Gasteiger partial charge in [0.2, 0.25) is 0 Å². The van der Waals surface area contributed by atoms with Gasteiger partial charge >= 0.3 is 0 Å². The third-order valence-corrected chi connectivity index (χ3v) is 6.12. The number of pyridine rings is 1. The van der Waals surface area contributed by atoms with E-state index in [9.17, 15) is 5.11 Å². The van der Waals surface area contributed by atoms with Gasteiger partial charge in [-0.1, -0.05) is 18.5 Å². The molecule has 0 radical (unpaired) electrons. The zero-order chi connectivity index (χ0) is 13.7. The summed E-state index contributed by atoms with van der Waals surface area (Å²) in [6, 6.07) is 0. The first-order chi connectivity index (χ1) is 9.00. The van der Waals surface area contributed by atoms with E-state index in [-0.39, 0.29) is 17.4 Å². The summed E-state index contributed by atoms with van der Waals surface area (Å²) in [5.41, 5.74) is 1.33. The van der Waals surface area contributed by atoms with Crippen LogP contribution in [0.5, 0.6) is 0 Å². The largest absolute Gasteiger partial charge is 0.396 e. The first kappa shape index (κ1) is 13.7. The van der Waals surface area contributed by atoms with E-state index < -0.39 is 0 Å². The summed E-state index contributed by atoms with van der Waals surface area (Å²) in [6.45, 7) is 3.35. The van der Waals surface area contributed by atoms with Crippen LogP contribution < -0.4 is 5.32 Å². The Hall–Kier alpha value is -0.320. The van der Waals surface area contributed by atoms with E-state index in [1.807, 2.05) is 0 Å². The van der Waals surface area contributed by atoms with E-state index in [2.05, 4.69) is 33.2 Å². The molecule has 0 atom stereocenters. The summed E-state index contributed by atoms with van der Waals surface area (Å²) in [5, 5.41) is 13.7. The summed E-state index contributed by atoms with van der Waals surface area (Å²) < 4.78 is 0.867. The van der Waals surface area contributed by atoms with Gasteiger partial charge in [0.05, 0.1) is 9.50 Å². The molecule has 0 bridgehead atoms. The molecule has 1 spiro atoms. The quantitative estimate of drug-likeness (QED) is 0.815. The predicted octanol–water partition coefficient (Wildman–Crippen LogP) is 3.73. The average Bonchev–Trinajstić information content (AvgIpc) is 2.78. The minimum absolute atomic E-state index is 0.0694. The van der Waals surface area contributed by atoms with Crippen molar-refractivity contribution in [3.8, 4) is 0 Å². The summed E-state index contributed by atoms with van der Waals surface area (Å²) in [7, 11) is 0. The summed E-state index contributed by atoms with van der Waals surface area (Å²) >= 11 is 9.96. The number of rotatable bonds is 1. The number of nitrogens with one attached hydrogen (secondary N) is 1. The Bertz CT molecular complexity index is 512. The van der Waals surface area contributed by atoms with E-state index in [4.69, 9.17) is 11.6 Å². The lowest BCUT2D eigenvalue weighted by molar-refractivity contribution is 0.0741. The van der Waals surface area contributed by atoms with Crippen molar-refractivity contribution in [1.82, 2.24) is 4.98 Å². The van der Waals surface area contributed by atoms with Crippen molar-refractivity contribution < 1.29 is 5.11 Å². The summed E-state index contributed by atoms with van der Waals surface area (Å²) in [5.74, 6) is 0.931. The number of hydrogen-bond acceptors (Lipinski definition) is 3. The van der Waals surface area contributed by atoms with Crippen molar-refractivity contribution in [2.75, 3.05) is 18.5 Å². The first-order valence-corrected chi connectivity index (χ1v) is 7.86. The van der Waals surface area contributed by atoms with Crippen LogP contribution in [0.25, 0.3) is 0 Å².